The zero-order valence-electron chi connectivity index (χ0n) is 8.72. The summed E-state index contributed by atoms with van der Waals surface area (Å²) in [7, 11) is 0. The Morgan fingerprint density at radius 1 is 1.47 bits per heavy atom. The highest BCUT2D eigenvalue weighted by atomic mass is 19.1. The van der Waals surface area contributed by atoms with E-state index in [0.717, 1.165) is 0 Å². The highest BCUT2D eigenvalue weighted by Crippen LogP contribution is 2.21. The smallest absolute Gasteiger partial charge is 0.328 e. The summed E-state index contributed by atoms with van der Waals surface area (Å²) in [6.07, 6.45) is 1.36. The molecule has 1 unspecified atom stereocenters. The Labute approximate surface area is 96.1 Å². The molecule has 0 fully saturated rings. The van der Waals surface area contributed by atoms with Gasteiger partial charge >= 0.3 is 5.97 Å². The second-order valence-corrected chi connectivity index (χ2v) is 3.48. The average molecular weight is 235 g/mol. The van der Waals surface area contributed by atoms with E-state index in [2.05, 4.69) is 9.97 Å². The van der Waals surface area contributed by atoms with Crippen LogP contribution in [0.1, 0.15) is 11.9 Å². The van der Waals surface area contributed by atoms with Crippen molar-refractivity contribution in [2.45, 2.75) is 6.04 Å². The molecule has 2 rings (SSSR count). The Morgan fingerprint density at radius 3 is 2.82 bits per heavy atom. The predicted molar refractivity (Wildman–Crippen MR) is 58.5 cm³/mol. The number of benzene rings is 1. The Balaban J connectivity index is 2.37. The molecule has 4 N–H and O–H groups in total. The minimum absolute atomic E-state index is 0.0933. The molecule has 0 spiro atoms. The van der Waals surface area contributed by atoms with Crippen LogP contribution in [0.3, 0.4) is 0 Å². The van der Waals surface area contributed by atoms with Crippen LogP contribution in [0.5, 0.6) is 0 Å². The Kier molecular flexibility index (Phi) is 2.88. The van der Waals surface area contributed by atoms with E-state index >= 15 is 0 Å². The molecule has 0 aliphatic heterocycles. The monoisotopic (exact) mass is 235 g/mol. The van der Waals surface area contributed by atoms with Gasteiger partial charge in [-0.2, -0.15) is 0 Å². The molecule has 0 saturated carbocycles. The lowest BCUT2D eigenvalue weighted by molar-refractivity contribution is -0.138. The fraction of sp³-hybridized carbons (Fsp3) is 0.0909. The van der Waals surface area contributed by atoms with Gasteiger partial charge in [-0.1, -0.05) is 12.1 Å². The maximum absolute atomic E-state index is 13.4. The van der Waals surface area contributed by atoms with Crippen molar-refractivity contribution >= 4 is 5.97 Å². The van der Waals surface area contributed by atoms with E-state index < -0.39 is 17.8 Å². The number of nitrogens with two attached hydrogens (primary N) is 1. The molecule has 1 heterocycles. The van der Waals surface area contributed by atoms with Crippen molar-refractivity contribution in [1.82, 2.24) is 9.97 Å². The summed E-state index contributed by atoms with van der Waals surface area (Å²) >= 11 is 0. The lowest BCUT2D eigenvalue weighted by atomic mass is 10.1. The molecular formula is C11H10FN3O2. The number of nitrogens with one attached hydrogen (secondary N) is 1. The van der Waals surface area contributed by atoms with Crippen molar-refractivity contribution in [3.63, 3.8) is 0 Å². The van der Waals surface area contributed by atoms with Crippen LogP contribution >= 0.6 is 0 Å². The number of H-pyrrole nitrogens is 1. The summed E-state index contributed by atoms with van der Waals surface area (Å²) < 4.78 is 13.4. The fourth-order valence-corrected chi connectivity index (χ4v) is 1.43. The standard InChI is InChI=1S/C11H10FN3O2/c12-7-4-2-1-3-6(7)8-5-14-10(15-8)9(13)11(16)17/h1-5,9H,13H2,(H,14,15)(H,16,17). The largest absolute Gasteiger partial charge is 0.480 e. The zero-order valence-corrected chi connectivity index (χ0v) is 8.72. The van der Waals surface area contributed by atoms with Crippen molar-refractivity contribution in [3.8, 4) is 11.3 Å². The Bertz CT molecular complexity index is 553. The number of hydrogen-bond acceptors (Lipinski definition) is 3. The number of imidazole rings is 1. The van der Waals surface area contributed by atoms with E-state index in [-0.39, 0.29) is 5.82 Å². The first-order valence-corrected chi connectivity index (χ1v) is 4.88. The predicted octanol–water partition coefficient (Wildman–Crippen LogP) is 1.30. The SMILES string of the molecule is NC(C(=O)O)c1ncc(-c2ccccc2F)[nH]1. The second-order valence-electron chi connectivity index (χ2n) is 3.48. The third-order valence-electron chi connectivity index (χ3n) is 2.32. The van der Waals surface area contributed by atoms with E-state index in [1.165, 1.54) is 12.3 Å². The molecule has 1 atom stereocenters. The molecule has 1 aromatic heterocycles. The summed E-state index contributed by atoms with van der Waals surface area (Å²) in [6, 6.07) is 4.89. The van der Waals surface area contributed by atoms with Gasteiger partial charge in [-0.25, -0.2) is 9.37 Å². The summed E-state index contributed by atoms with van der Waals surface area (Å²) in [5, 5.41) is 8.71. The number of aliphatic carboxylic acids is 1. The summed E-state index contributed by atoms with van der Waals surface area (Å²) in [5.74, 6) is -1.51. The molecule has 0 radical (unpaired) electrons. The van der Waals surface area contributed by atoms with Crippen molar-refractivity contribution in [2.75, 3.05) is 0 Å². The molecule has 0 aliphatic rings. The molecule has 0 amide bonds. The molecule has 17 heavy (non-hydrogen) atoms. The molecule has 88 valence electrons. The van der Waals surface area contributed by atoms with Gasteiger partial charge in [0.2, 0.25) is 0 Å². The lowest BCUT2D eigenvalue weighted by Gasteiger charge is -2.02. The summed E-state index contributed by atoms with van der Waals surface area (Å²) in [6.45, 7) is 0. The van der Waals surface area contributed by atoms with E-state index in [0.29, 0.717) is 11.3 Å². The number of rotatable bonds is 3. The van der Waals surface area contributed by atoms with Gasteiger partial charge in [0.1, 0.15) is 11.6 Å². The van der Waals surface area contributed by atoms with Crippen molar-refractivity contribution in [1.29, 1.82) is 0 Å². The number of carboxylic acid groups (broad SMARTS) is 1. The first-order chi connectivity index (χ1) is 8.09. The van der Waals surface area contributed by atoms with Crippen LogP contribution in [0.25, 0.3) is 11.3 Å². The first-order valence-electron chi connectivity index (χ1n) is 4.88. The zero-order chi connectivity index (χ0) is 12.4. The van der Waals surface area contributed by atoms with E-state index in [1.54, 1.807) is 18.2 Å². The van der Waals surface area contributed by atoms with E-state index in [1.807, 2.05) is 0 Å². The molecule has 5 nitrogen and oxygen atoms in total. The normalized spacial score (nSPS) is 12.4. The average Bonchev–Trinajstić information content (AvgIpc) is 2.77. The third-order valence-corrected chi connectivity index (χ3v) is 2.32. The first kappa shape index (κ1) is 11.3. The van der Waals surface area contributed by atoms with Crippen LogP contribution in [0.4, 0.5) is 4.39 Å². The fourth-order valence-electron chi connectivity index (χ4n) is 1.43. The molecule has 2 aromatic rings. The van der Waals surface area contributed by atoms with Crippen LogP contribution in [0.15, 0.2) is 30.5 Å². The molecule has 0 saturated heterocycles. The molecule has 0 aliphatic carbocycles. The second kappa shape index (κ2) is 4.34. The van der Waals surface area contributed by atoms with Crippen LogP contribution in [-0.2, 0) is 4.79 Å². The summed E-state index contributed by atoms with van der Waals surface area (Å²) in [4.78, 5) is 17.2. The molecule has 6 heteroatoms. The van der Waals surface area contributed by atoms with Crippen LogP contribution < -0.4 is 5.73 Å². The van der Waals surface area contributed by atoms with Gasteiger partial charge in [-0.15, -0.1) is 0 Å². The minimum Gasteiger partial charge on any atom is -0.480 e. The molecule has 1 aromatic carbocycles. The number of hydrogen-bond donors (Lipinski definition) is 3. The number of aromatic nitrogens is 2. The Morgan fingerprint density at radius 2 is 2.18 bits per heavy atom. The number of carboxylic acids is 1. The van der Waals surface area contributed by atoms with Gasteiger partial charge in [-0.3, -0.25) is 4.79 Å². The molecule has 0 bridgehead atoms. The van der Waals surface area contributed by atoms with E-state index in [9.17, 15) is 9.18 Å². The van der Waals surface area contributed by atoms with Crippen LogP contribution in [-0.4, -0.2) is 21.0 Å². The quantitative estimate of drug-likeness (QED) is 0.747. The van der Waals surface area contributed by atoms with Crippen molar-refractivity contribution in [3.05, 3.63) is 42.1 Å². The lowest BCUT2D eigenvalue weighted by Crippen LogP contribution is -2.21. The maximum Gasteiger partial charge on any atom is 0.328 e. The number of nitrogens with zero attached hydrogens (tertiary/aromatic N) is 1. The van der Waals surface area contributed by atoms with Gasteiger partial charge in [0.25, 0.3) is 0 Å². The van der Waals surface area contributed by atoms with E-state index in [4.69, 9.17) is 10.8 Å². The maximum atomic E-state index is 13.4. The van der Waals surface area contributed by atoms with Crippen LogP contribution in [0, 0.1) is 5.82 Å². The van der Waals surface area contributed by atoms with Crippen molar-refractivity contribution < 1.29 is 14.3 Å². The third kappa shape index (κ3) is 2.16. The topological polar surface area (TPSA) is 92.0 Å². The van der Waals surface area contributed by atoms with Gasteiger partial charge < -0.3 is 15.8 Å². The number of halogens is 1. The number of carbonyl (C=O) groups is 1. The van der Waals surface area contributed by atoms with Gasteiger partial charge in [0.15, 0.2) is 6.04 Å². The van der Waals surface area contributed by atoms with Gasteiger partial charge in [-0.05, 0) is 12.1 Å². The minimum atomic E-state index is -1.24. The Hall–Kier alpha value is -2.21. The summed E-state index contributed by atoms with van der Waals surface area (Å²) in [5.41, 5.74) is 6.10. The van der Waals surface area contributed by atoms with Gasteiger partial charge in [0, 0.05) is 5.56 Å². The van der Waals surface area contributed by atoms with Crippen LogP contribution in [0.2, 0.25) is 0 Å². The number of aromatic amines is 1. The highest BCUT2D eigenvalue weighted by molar-refractivity contribution is 5.74. The highest BCUT2D eigenvalue weighted by Gasteiger charge is 2.18. The van der Waals surface area contributed by atoms with Crippen molar-refractivity contribution in [2.24, 2.45) is 5.73 Å². The van der Waals surface area contributed by atoms with Gasteiger partial charge in [0.05, 0.1) is 11.9 Å². The molecular weight excluding hydrogens is 225 g/mol.